The molecule has 1 aromatic heterocycles. The van der Waals surface area contributed by atoms with Gasteiger partial charge in [0.15, 0.2) is 0 Å². The van der Waals surface area contributed by atoms with Gasteiger partial charge in [-0.2, -0.15) is 0 Å². The number of fused-ring (bicyclic) bond motifs is 1. The Balaban J connectivity index is 1.89. The van der Waals surface area contributed by atoms with E-state index < -0.39 is 0 Å². The molecule has 3 nitrogen and oxygen atoms in total. The smallest absolute Gasteiger partial charge is 0.0474 e. The van der Waals surface area contributed by atoms with Gasteiger partial charge in [0.25, 0.3) is 0 Å². The number of hydrogen-bond donors (Lipinski definition) is 1. The molecule has 1 saturated heterocycles. The van der Waals surface area contributed by atoms with Crippen molar-refractivity contribution in [3.05, 3.63) is 30.5 Å². The van der Waals surface area contributed by atoms with Crippen LogP contribution in [0.2, 0.25) is 0 Å². The summed E-state index contributed by atoms with van der Waals surface area (Å²) in [6.45, 7) is 6.81. The minimum absolute atomic E-state index is 0.605. The van der Waals surface area contributed by atoms with E-state index >= 15 is 0 Å². The van der Waals surface area contributed by atoms with Gasteiger partial charge in [-0.15, -0.1) is 0 Å². The number of aromatic nitrogens is 1. The highest BCUT2D eigenvalue weighted by Gasteiger charge is 2.26. The third kappa shape index (κ3) is 1.89. The maximum atomic E-state index is 3.29. The third-order valence-electron chi connectivity index (χ3n) is 4.26. The summed E-state index contributed by atoms with van der Waals surface area (Å²) in [5.74, 6) is 0. The van der Waals surface area contributed by atoms with Gasteiger partial charge in [0.2, 0.25) is 0 Å². The van der Waals surface area contributed by atoms with Gasteiger partial charge in [-0.05, 0) is 44.5 Å². The molecule has 18 heavy (non-hydrogen) atoms. The lowest BCUT2D eigenvalue weighted by atomic mass is 10.1. The van der Waals surface area contributed by atoms with Gasteiger partial charge in [-0.25, -0.2) is 0 Å². The van der Waals surface area contributed by atoms with E-state index in [0.29, 0.717) is 12.1 Å². The second-order valence-corrected chi connectivity index (χ2v) is 5.52. The monoisotopic (exact) mass is 243 g/mol. The van der Waals surface area contributed by atoms with Gasteiger partial charge < -0.3 is 9.88 Å². The maximum Gasteiger partial charge on any atom is 0.0474 e. The minimum Gasteiger partial charge on any atom is -0.368 e. The molecule has 0 bridgehead atoms. The Bertz CT molecular complexity index is 533. The fraction of sp³-hybridized carbons (Fsp3) is 0.467. The molecule has 1 aromatic carbocycles. The largest absolute Gasteiger partial charge is 0.368 e. The standard InChI is InChI=1S/C15H21N3/c1-11-9-18(10-12(2)17(11)3)14-5-4-13-6-7-16-15(13)8-14/h4-8,11-12,16H,9-10H2,1-3H3. The SMILES string of the molecule is CC1CN(c2ccc3cc[nH]c3c2)CC(C)N1C. The molecule has 0 saturated carbocycles. The van der Waals surface area contributed by atoms with E-state index in [1.807, 2.05) is 6.20 Å². The molecule has 2 atom stereocenters. The number of anilines is 1. The molecule has 1 aliphatic rings. The van der Waals surface area contributed by atoms with E-state index in [9.17, 15) is 0 Å². The summed E-state index contributed by atoms with van der Waals surface area (Å²) in [6.07, 6.45) is 2.00. The number of likely N-dealkylation sites (N-methyl/N-ethyl adjacent to an activating group) is 1. The molecule has 2 aromatic rings. The second-order valence-electron chi connectivity index (χ2n) is 5.52. The predicted octanol–water partition coefficient (Wildman–Crippen LogP) is 2.70. The molecule has 96 valence electrons. The molecule has 1 aliphatic heterocycles. The number of aromatic amines is 1. The van der Waals surface area contributed by atoms with Crippen LogP contribution in [0.4, 0.5) is 5.69 Å². The lowest BCUT2D eigenvalue weighted by Crippen LogP contribution is -2.55. The molecule has 3 heteroatoms. The Hall–Kier alpha value is -1.48. The summed E-state index contributed by atoms with van der Waals surface area (Å²) < 4.78 is 0. The van der Waals surface area contributed by atoms with Crippen molar-refractivity contribution in [3.63, 3.8) is 0 Å². The van der Waals surface area contributed by atoms with Crippen LogP contribution in [0.3, 0.4) is 0 Å². The van der Waals surface area contributed by atoms with Crippen LogP contribution in [0.25, 0.3) is 10.9 Å². The first kappa shape index (κ1) is 11.6. The molecule has 3 rings (SSSR count). The first-order chi connectivity index (χ1) is 8.65. The molecule has 0 spiro atoms. The summed E-state index contributed by atoms with van der Waals surface area (Å²) in [5, 5.41) is 1.29. The van der Waals surface area contributed by atoms with Crippen molar-refractivity contribution in [2.75, 3.05) is 25.0 Å². The summed E-state index contributed by atoms with van der Waals surface area (Å²) in [6, 6.07) is 10.0. The summed E-state index contributed by atoms with van der Waals surface area (Å²) in [7, 11) is 2.22. The number of nitrogens with zero attached hydrogens (tertiary/aromatic N) is 2. The minimum atomic E-state index is 0.605. The summed E-state index contributed by atoms with van der Waals surface area (Å²) in [4.78, 5) is 8.25. The lowest BCUT2D eigenvalue weighted by molar-refractivity contribution is 0.170. The summed E-state index contributed by atoms with van der Waals surface area (Å²) in [5.41, 5.74) is 2.56. The normalized spacial score (nSPS) is 25.8. The first-order valence-electron chi connectivity index (χ1n) is 6.69. The molecule has 1 fully saturated rings. The van der Waals surface area contributed by atoms with Crippen LogP contribution < -0.4 is 4.90 Å². The van der Waals surface area contributed by atoms with E-state index in [2.05, 4.69) is 59.9 Å². The van der Waals surface area contributed by atoms with Crippen LogP contribution in [0.1, 0.15) is 13.8 Å². The van der Waals surface area contributed by atoms with E-state index in [4.69, 9.17) is 0 Å². The number of nitrogens with one attached hydrogen (secondary N) is 1. The van der Waals surface area contributed by atoms with Gasteiger partial charge >= 0.3 is 0 Å². The lowest BCUT2D eigenvalue weighted by Gasteiger charge is -2.43. The Kier molecular flexibility index (Phi) is 2.78. The molecular formula is C15H21N3. The fourth-order valence-corrected chi connectivity index (χ4v) is 2.85. The van der Waals surface area contributed by atoms with Gasteiger partial charge in [-0.1, -0.05) is 6.07 Å². The Morgan fingerprint density at radius 3 is 2.56 bits per heavy atom. The van der Waals surface area contributed by atoms with Crippen molar-refractivity contribution >= 4 is 16.6 Å². The van der Waals surface area contributed by atoms with E-state index in [-0.39, 0.29) is 0 Å². The van der Waals surface area contributed by atoms with Crippen LogP contribution in [-0.2, 0) is 0 Å². The molecule has 2 unspecified atom stereocenters. The van der Waals surface area contributed by atoms with Gasteiger partial charge in [0.05, 0.1) is 0 Å². The predicted molar refractivity (Wildman–Crippen MR) is 77.2 cm³/mol. The van der Waals surface area contributed by atoms with Gasteiger partial charge in [-0.3, -0.25) is 4.90 Å². The van der Waals surface area contributed by atoms with Crippen LogP contribution in [0.15, 0.2) is 30.5 Å². The highest BCUT2D eigenvalue weighted by molar-refractivity contribution is 5.83. The highest BCUT2D eigenvalue weighted by Crippen LogP contribution is 2.24. The van der Waals surface area contributed by atoms with Crippen LogP contribution in [-0.4, -0.2) is 42.1 Å². The zero-order valence-electron chi connectivity index (χ0n) is 11.4. The Morgan fingerprint density at radius 2 is 1.83 bits per heavy atom. The number of benzene rings is 1. The van der Waals surface area contributed by atoms with Crippen molar-refractivity contribution in [2.45, 2.75) is 25.9 Å². The zero-order valence-corrected chi connectivity index (χ0v) is 11.4. The van der Waals surface area contributed by atoms with Crippen LogP contribution in [0, 0.1) is 0 Å². The average molecular weight is 243 g/mol. The van der Waals surface area contributed by atoms with Crippen molar-refractivity contribution < 1.29 is 0 Å². The average Bonchev–Trinajstić information content (AvgIpc) is 2.82. The molecule has 0 radical (unpaired) electrons. The maximum absolute atomic E-state index is 3.29. The molecule has 2 heterocycles. The second kappa shape index (κ2) is 4.32. The van der Waals surface area contributed by atoms with E-state index in [1.165, 1.54) is 16.6 Å². The van der Waals surface area contributed by atoms with Gasteiger partial charge in [0.1, 0.15) is 0 Å². The Labute approximate surface area is 108 Å². The fourth-order valence-electron chi connectivity index (χ4n) is 2.85. The van der Waals surface area contributed by atoms with E-state index in [1.54, 1.807) is 0 Å². The number of piperazine rings is 1. The van der Waals surface area contributed by atoms with Crippen molar-refractivity contribution in [2.24, 2.45) is 0 Å². The van der Waals surface area contributed by atoms with Crippen LogP contribution >= 0.6 is 0 Å². The highest BCUT2D eigenvalue weighted by atomic mass is 15.3. The molecule has 1 N–H and O–H groups in total. The molecule has 0 aliphatic carbocycles. The quantitative estimate of drug-likeness (QED) is 0.832. The summed E-state index contributed by atoms with van der Waals surface area (Å²) >= 11 is 0. The molecular weight excluding hydrogens is 222 g/mol. The number of H-pyrrole nitrogens is 1. The Morgan fingerprint density at radius 1 is 1.11 bits per heavy atom. The van der Waals surface area contributed by atoms with Crippen molar-refractivity contribution in [3.8, 4) is 0 Å². The van der Waals surface area contributed by atoms with Crippen molar-refractivity contribution in [1.29, 1.82) is 0 Å². The number of hydrogen-bond acceptors (Lipinski definition) is 2. The first-order valence-corrected chi connectivity index (χ1v) is 6.69. The topological polar surface area (TPSA) is 22.3 Å². The van der Waals surface area contributed by atoms with Crippen LogP contribution in [0.5, 0.6) is 0 Å². The third-order valence-corrected chi connectivity index (χ3v) is 4.26. The van der Waals surface area contributed by atoms with Gasteiger partial charge in [0, 0.05) is 42.6 Å². The van der Waals surface area contributed by atoms with Crippen molar-refractivity contribution in [1.82, 2.24) is 9.88 Å². The zero-order chi connectivity index (χ0) is 12.7. The number of rotatable bonds is 1. The van der Waals surface area contributed by atoms with E-state index in [0.717, 1.165) is 13.1 Å². The molecule has 0 amide bonds.